The summed E-state index contributed by atoms with van der Waals surface area (Å²) in [5.41, 5.74) is 6.24. The Morgan fingerprint density at radius 1 is 0.889 bits per heavy atom. The SMILES string of the molecule is c1ccc2c(c1)CN=C2c1ccnc(N2CCC(c3ccncc3)CC2)c1. The minimum atomic E-state index is 0.624. The van der Waals surface area contributed by atoms with Crippen LogP contribution in [0.3, 0.4) is 0 Å². The fourth-order valence-electron chi connectivity index (χ4n) is 4.20. The Morgan fingerprint density at radius 2 is 1.70 bits per heavy atom. The van der Waals surface area contributed by atoms with Gasteiger partial charge in [-0.05, 0) is 54.2 Å². The normalized spacial score (nSPS) is 16.9. The number of hydrogen-bond donors (Lipinski definition) is 0. The van der Waals surface area contributed by atoms with Gasteiger partial charge in [0.05, 0.1) is 12.3 Å². The average molecular weight is 354 g/mol. The second-order valence-electron chi connectivity index (χ2n) is 7.27. The van der Waals surface area contributed by atoms with E-state index in [2.05, 4.69) is 63.4 Å². The standard InChI is InChI=1S/C23H22N4/c1-2-4-21-20(3-1)16-26-23(21)19-7-12-25-22(15-19)27-13-8-18(9-14-27)17-5-10-24-11-6-17/h1-7,10-12,15,18H,8-9,13-14,16H2. The van der Waals surface area contributed by atoms with E-state index in [1.54, 1.807) is 0 Å². The fourth-order valence-corrected chi connectivity index (χ4v) is 4.20. The Balaban J connectivity index is 1.34. The van der Waals surface area contributed by atoms with Crippen LogP contribution < -0.4 is 4.90 Å². The highest BCUT2D eigenvalue weighted by Crippen LogP contribution is 2.30. The minimum Gasteiger partial charge on any atom is -0.357 e. The number of benzene rings is 1. The summed E-state index contributed by atoms with van der Waals surface area (Å²) in [6.45, 7) is 2.85. The molecule has 0 saturated carbocycles. The number of rotatable bonds is 3. The number of pyridine rings is 2. The largest absolute Gasteiger partial charge is 0.357 e. The van der Waals surface area contributed by atoms with E-state index in [9.17, 15) is 0 Å². The van der Waals surface area contributed by atoms with E-state index in [1.165, 1.54) is 22.3 Å². The summed E-state index contributed by atoms with van der Waals surface area (Å²) >= 11 is 0. The maximum atomic E-state index is 4.78. The van der Waals surface area contributed by atoms with E-state index in [0.717, 1.165) is 44.0 Å². The molecule has 1 saturated heterocycles. The van der Waals surface area contributed by atoms with Crippen molar-refractivity contribution in [2.24, 2.45) is 4.99 Å². The highest BCUT2D eigenvalue weighted by molar-refractivity contribution is 6.15. The molecular formula is C23H22N4. The van der Waals surface area contributed by atoms with Crippen molar-refractivity contribution in [2.75, 3.05) is 18.0 Å². The van der Waals surface area contributed by atoms with Gasteiger partial charge in [0.2, 0.25) is 0 Å². The van der Waals surface area contributed by atoms with Gasteiger partial charge in [-0.3, -0.25) is 9.98 Å². The van der Waals surface area contributed by atoms with Gasteiger partial charge in [0.1, 0.15) is 5.82 Å². The van der Waals surface area contributed by atoms with Crippen LogP contribution in [0.1, 0.15) is 41.0 Å². The van der Waals surface area contributed by atoms with Gasteiger partial charge in [-0.2, -0.15) is 0 Å². The van der Waals surface area contributed by atoms with E-state index in [1.807, 2.05) is 18.6 Å². The number of piperidine rings is 1. The lowest BCUT2D eigenvalue weighted by atomic mass is 9.90. The van der Waals surface area contributed by atoms with Crippen molar-refractivity contribution in [1.82, 2.24) is 9.97 Å². The topological polar surface area (TPSA) is 41.4 Å². The van der Waals surface area contributed by atoms with Gasteiger partial charge in [-0.25, -0.2) is 4.98 Å². The van der Waals surface area contributed by atoms with Crippen LogP contribution in [-0.4, -0.2) is 28.8 Å². The molecule has 1 fully saturated rings. The molecule has 0 unspecified atom stereocenters. The molecule has 4 nitrogen and oxygen atoms in total. The lowest BCUT2D eigenvalue weighted by molar-refractivity contribution is 0.502. The molecule has 3 aromatic rings. The Labute approximate surface area is 159 Å². The summed E-state index contributed by atoms with van der Waals surface area (Å²) in [4.78, 5) is 16.0. The van der Waals surface area contributed by atoms with Gasteiger partial charge in [0, 0.05) is 42.8 Å². The zero-order valence-corrected chi connectivity index (χ0v) is 15.3. The fraction of sp³-hybridized carbons (Fsp3) is 0.261. The van der Waals surface area contributed by atoms with Gasteiger partial charge in [0.15, 0.2) is 0 Å². The van der Waals surface area contributed by atoms with E-state index in [4.69, 9.17) is 4.99 Å². The van der Waals surface area contributed by atoms with E-state index >= 15 is 0 Å². The third-order valence-corrected chi connectivity index (χ3v) is 5.70. The highest BCUT2D eigenvalue weighted by Gasteiger charge is 2.23. The maximum Gasteiger partial charge on any atom is 0.129 e. The molecule has 27 heavy (non-hydrogen) atoms. The second kappa shape index (κ2) is 6.95. The molecule has 5 rings (SSSR count). The summed E-state index contributed by atoms with van der Waals surface area (Å²) in [6, 6.07) is 17.1. The molecule has 0 atom stereocenters. The summed E-state index contributed by atoms with van der Waals surface area (Å²) < 4.78 is 0. The van der Waals surface area contributed by atoms with Gasteiger partial charge < -0.3 is 4.90 Å². The molecule has 4 heteroatoms. The lowest BCUT2D eigenvalue weighted by Crippen LogP contribution is -2.33. The molecule has 0 aliphatic carbocycles. The first kappa shape index (κ1) is 16.2. The molecule has 2 aliphatic heterocycles. The third-order valence-electron chi connectivity index (χ3n) is 5.70. The van der Waals surface area contributed by atoms with Crippen molar-refractivity contribution >= 4 is 11.5 Å². The number of fused-ring (bicyclic) bond motifs is 1. The number of nitrogens with zero attached hydrogens (tertiary/aromatic N) is 4. The second-order valence-corrected chi connectivity index (χ2v) is 7.27. The smallest absolute Gasteiger partial charge is 0.129 e. The number of anilines is 1. The molecule has 2 aromatic heterocycles. The predicted molar refractivity (Wildman–Crippen MR) is 108 cm³/mol. The average Bonchev–Trinajstić information content (AvgIpc) is 3.19. The van der Waals surface area contributed by atoms with Gasteiger partial charge in [-0.1, -0.05) is 24.3 Å². The van der Waals surface area contributed by atoms with E-state index < -0.39 is 0 Å². The molecule has 1 aromatic carbocycles. The zero-order valence-electron chi connectivity index (χ0n) is 15.3. The Hall–Kier alpha value is -3.01. The van der Waals surface area contributed by atoms with Crippen LogP contribution in [0.15, 0.2) is 72.1 Å². The zero-order chi connectivity index (χ0) is 18.1. The van der Waals surface area contributed by atoms with E-state index in [0.29, 0.717) is 5.92 Å². The third kappa shape index (κ3) is 3.12. The van der Waals surface area contributed by atoms with Gasteiger partial charge in [0.25, 0.3) is 0 Å². The van der Waals surface area contributed by atoms with Crippen molar-refractivity contribution in [1.29, 1.82) is 0 Å². The Bertz CT molecular complexity index is 972. The van der Waals surface area contributed by atoms with Crippen LogP contribution >= 0.6 is 0 Å². The summed E-state index contributed by atoms with van der Waals surface area (Å²) in [6.07, 6.45) is 8.02. The summed E-state index contributed by atoms with van der Waals surface area (Å²) in [5, 5.41) is 0. The molecule has 0 radical (unpaired) electrons. The molecule has 134 valence electrons. The van der Waals surface area contributed by atoms with Crippen molar-refractivity contribution in [3.8, 4) is 0 Å². The Morgan fingerprint density at radius 3 is 2.56 bits per heavy atom. The monoisotopic (exact) mass is 354 g/mol. The van der Waals surface area contributed by atoms with Crippen LogP contribution in [0.2, 0.25) is 0 Å². The van der Waals surface area contributed by atoms with Crippen molar-refractivity contribution < 1.29 is 0 Å². The Kier molecular flexibility index (Phi) is 4.17. The first-order valence-corrected chi connectivity index (χ1v) is 9.62. The summed E-state index contributed by atoms with van der Waals surface area (Å²) in [5.74, 6) is 1.69. The van der Waals surface area contributed by atoms with Crippen molar-refractivity contribution in [2.45, 2.75) is 25.3 Å². The number of aliphatic imine (C=N–C) groups is 1. The molecule has 0 bridgehead atoms. The molecule has 2 aliphatic rings. The van der Waals surface area contributed by atoms with Crippen LogP contribution in [-0.2, 0) is 6.54 Å². The van der Waals surface area contributed by atoms with Crippen LogP contribution in [0.5, 0.6) is 0 Å². The number of hydrogen-bond acceptors (Lipinski definition) is 4. The van der Waals surface area contributed by atoms with Crippen LogP contribution in [0.4, 0.5) is 5.82 Å². The molecule has 4 heterocycles. The van der Waals surface area contributed by atoms with Crippen molar-refractivity contribution in [3.63, 3.8) is 0 Å². The number of aromatic nitrogens is 2. The van der Waals surface area contributed by atoms with Crippen LogP contribution in [0.25, 0.3) is 0 Å². The lowest BCUT2D eigenvalue weighted by Gasteiger charge is -2.33. The van der Waals surface area contributed by atoms with Gasteiger partial charge >= 0.3 is 0 Å². The van der Waals surface area contributed by atoms with E-state index in [-0.39, 0.29) is 0 Å². The first-order chi connectivity index (χ1) is 13.4. The summed E-state index contributed by atoms with van der Waals surface area (Å²) in [7, 11) is 0. The molecule has 0 amide bonds. The molecular weight excluding hydrogens is 332 g/mol. The molecule has 0 N–H and O–H groups in total. The highest BCUT2D eigenvalue weighted by atomic mass is 15.2. The van der Waals surface area contributed by atoms with Gasteiger partial charge in [-0.15, -0.1) is 0 Å². The minimum absolute atomic E-state index is 0.624. The molecule has 0 spiro atoms. The predicted octanol–water partition coefficient (Wildman–Crippen LogP) is 4.21. The maximum absolute atomic E-state index is 4.78. The first-order valence-electron chi connectivity index (χ1n) is 9.62. The van der Waals surface area contributed by atoms with Crippen LogP contribution in [0, 0.1) is 0 Å². The van der Waals surface area contributed by atoms with Crippen molar-refractivity contribution in [3.05, 3.63) is 89.4 Å². The quantitative estimate of drug-likeness (QED) is 0.707.